The normalized spacial score (nSPS) is 11.2. The summed E-state index contributed by atoms with van der Waals surface area (Å²) in [7, 11) is 0. The Balaban J connectivity index is 1.88. The number of aromatic hydroxyl groups is 1. The Morgan fingerprint density at radius 2 is 1.82 bits per heavy atom. The highest BCUT2D eigenvalue weighted by molar-refractivity contribution is 5.82. The maximum absolute atomic E-state index is 9.84. The first-order valence-corrected chi connectivity index (χ1v) is 6.86. The molecular formula is C17H15N3O2. The zero-order chi connectivity index (χ0) is 15.5. The molecule has 0 aliphatic heterocycles. The molecule has 0 saturated heterocycles. The fraction of sp³-hybridized carbons (Fsp3) is 0.118. The van der Waals surface area contributed by atoms with Crippen molar-refractivity contribution >= 4 is 12.0 Å². The Kier molecular flexibility index (Phi) is 3.70. The van der Waals surface area contributed by atoms with E-state index in [-0.39, 0.29) is 11.6 Å². The van der Waals surface area contributed by atoms with E-state index in [1.54, 1.807) is 6.07 Å². The van der Waals surface area contributed by atoms with Crippen LogP contribution in [-0.2, 0) is 0 Å². The molecule has 0 spiro atoms. The molecule has 3 rings (SSSR count). The average molecular weight is 293 g/mol. The van der Waals surface area contributed by atoms with E-state index in [4.69, 9.17) is 4.42 Å². The van der Waals surface area contributed by atoms with Crippen molar-refractivity contribution in [1.29, 1.82) is 0 Å². The molecule has 5 heteroatoms. The summed E-state index contributed by atoms with van der Waals surface area (Å²) >= 11 is 0. The quantitative estimate of drug-likeness (QED) is 0.745. The Bertz CT molecular complexity index is 820. The molecule has 0 saturated carbocycles. The molecule has 0 aliphatic carbocycles. The molecule has 0 atom stereocenters. The zero-order valence-corrected chi connectivity index (χ0v) is 12.3. The SMILES string of the molecule is Cc1ccc(-c2nc(/C=N/c3cccc(C)n3)c(O)o2)cc1. The molecule has 1 N–H and O–H groups in total. The molecule has 0 aliphatic rings. The van der Waals surface area contributed by atoms with Gasteiger partial charge in [0.05, 0.1) is 6.21 Å². The van der Waals surface area contributed by atoms with Crippen LogP contribution >= 0.6 is 0 Å². The molecule has 5 nitrogen and oxygen atoms in total. The Hall–Kier alpha value is -2.95. The van der Waals surface area contributed by atoms with Crippen molar-refractivity contribution in [3.8, 4) is 17.4 Å². The molecule has 0 radical (unpaired) electrons. The van der Waals surface area contributed by atoms with Crippen molar-refractivity contribution in [3.63, 3.8) is 0 Å². The minimum absolute atomic E-state index is 0.257. The number of rotatable bonds is 3. The van der Waals surface area contributed by atoms with Crippen LogP contribution in [0.15, 0.2) is 51.9 Å². The average Bonchev–Trinajstić information content (AvgIpc) is 2.87. The molecule has 2 aromatic heterocycles. The molecule has 3 aromatic rings. The predicted molar refractivity (Wildman–Crippen MR) is 84.6 cm³/mol. The van der Waals surface area contributed by atoms with Crippen LogP contribution in [0.3, 0.4) is 0 Å². The third kappa shape index (κ3) is 3.03. The number of hydrogen-bond acceptors (Lipinski definition) is 5. The van der Waals surface area contributed by atoms with Crippen molar-refractivity contribution in [2.24, 2.45) is 4.99 Å². The third-order valence-electron chi connectivity index (χ3n) is 3.13. The van der Waals surface area contributed by atoms with Gasteiger partial charge in [0.15, 0.2) is 11.5 Å². The van der Waals surface area contributed by atoms with E-state index in [0.29, 0.717) is 11.7 Å². The van der Waals surface area contributed by atoms with E-state index in [1.807, 2.05) is 50.2 Å². The molecule has 2 heterocycles. The van der Waals surface area contributed by atoms with Gasteiger partial charge >= 0.3 is 5.95 Å². The van der Waals surface area contributed by atoms with Crippen molar-refractivity contribution in [2.45, 2.75) is 13.8 Å². The largest absolute Gasteiger partial charge is 0.479 e. The van der Waals surface area contributed by atoms with E-state index in [9.17, 15) is 5.11 Å². The Labute approximate surface area is 128 Å². The summed E-state index contributed by atoms with van der Waals surface area (Å²) in [5.41, 5.74) is 3.10. The minimum Gasteiger partial charge on any atom is -0.479 e. The highest BCUT2D eigenvalue weighted by Crippen LogP contribution is 2.26. The third-order valence-corrected chi connectivity index (χ3v) is 3.13. The van der Waals surface area contributed by atoms with Crippen LogP contribution < -0.4 is 0 Å². The minimum atomic E-state index is -0.257. The maximum Gasteiger partial charge on any atom is 0.312 e. The highest BCUT2D eigenvalue weighted by Gasteiger charge is 2.12. The molecule has 0 unspecified atom stereocenters. The van der Waals surface area contributed by atoms with Gasteiger partial charge in [-0.05, 0) is 38.1 Å². The van der Waals surface area contributed by atoms with Crippen LogP contribution in [-0.4, -0.2) is 21.3 Å². The first-order valence-electron chi connectivity index (χ1n) is 6.86. The number of aliphatic imine (C=N–C) groups is 1. The van der Waals surface area contributed by atoms with Crippen molar-refractivity contribution in [3.05, 3.63) is 59.4 Å². The van der Waals surface area contributed by atoms with Gasteiger partial charge in [0.1, 0.15) is 0 Å². The van der Waals surface area contributed by atoms with Gasteiger partial charge in [-0.25, -0.2) is 15.0 Å². The van der Waals surface area contributed by atoms with E-state index >= 15 is 0 Å². The predicted octanol–water partition coefficient (Wildman–Crippen LogP) is 3.81. The summed E-state index contributed by atoms with van der Waals surface area (Å²) in [6.45, 7) is 3.89. The second-order valence-electron chi connectivity index (χ2n) is 4.97. The summed E-state index contributed by atoms with van der Waals surface area (Å²) in [6, 6.07) is 13.2. The van der Waals surface area contributed by atoms with Crippen molar-refractivity contribution in [2.75, 3.05) is 0 Å². The molecule has 0 fully saturated rings. The van der Waals surface area contributed by atoms with Crippen LogP contribution in [0.25, 0.3) is 11.5 Å². The zero-order valence-electron chi connectivity index (χ0n) is 12.3. The number of oxazole rings is 1. The van der Waals surface area contributed by atoms with E-state index in [0.717, 1.165) is 16.8 Å². The van der Waals surface area contributed by atoms with Crippen LogP contribution in [0.5, 0.6) is 5.95 Å². The molecule has 110 valence electrons. The van der Waals surface area contributed by atoms with Crippen LogP contribution in [0.4, 0.5) is 5.82 Å². The standard InChI is InChI=1S/C17H15N3O2/c1-11-6-8-13(9-7-11)16-20-14(17(21)22-16)10-18-15-5-3-4-12(2)19-15/h3-10,21H,1-2H3/b18-10+. The van der Waals surface area contributed by atoms with Gasteiger partial charge in [0.25, 0.3) is 0 Å². The maximum atomic E-state index is 9.84. The summed E-state index contributed by atoms with van der Waals surface area (Å²) in [6.07, 6.45) is 1.44. The summed E-state index contributed by atoms with van der Waals surface area (Å²) in [5, 5.41) is 9.84. The van der Waals surface area contributed by atoms with E-state index in [1.165, 1.54) is 6.21 Å². The number of benzene rings is 1. The lowest BCUT2D eigenvalue weighted by molar-refractivity contribution is 0.337. The number of aromatic nitrogens is 2. The highest BCUT2D eigenvalue weighted by atomic mass is 16.5. The smallest absolute Gasteiger partial charge is 0.312 e. The number of aryl methyl sites for hydroxylation is 2. The van der Waals surface area contributed by atoms with Gasteiger partial charge < -0.3 is 9.52 Å². The summed E-state index contributed by atoms with van der Waals surface area (Å²) in [4.78, 5) is 12.7. The lowest BCUT2D eigenvalue weighted by Crippen LogP contribution is -1.84. The van der Waals surface area contributed by atoms with Crippen LogP contribution in [0.2, 0.25) is 0 Å². The number of pyridine rings is 1. The number of hydrogen-bond donors (Lipinski definition) is 1. The molecular weight excluding hydrogens is 278 g/mol. The van der Waals surface area contributed by atoms with Crippen molar-refractivity contribution < 1.29 is 9.52 Å². The van der Waals surface area contributed by atoms with Crippen LogP contribution in [0.1, 0.15) is 17.0 Å². The second kappa shape index (κ2) is 5.81. The van der Waals surface area contributed by atoms with Crippen molar-refractivity contribution in [1.82, 2.24) is 9.97 Å². The van der Waals surface area contributed by atoms with Gasteiger partial charge in [-0.15, -0.1) is 0 Å². The Morgan fingerprint density at radius 3 is 2.55 bits per heavy atom. The fourth-order valence-corrected chi connectivity index (χ4v) is 1.96. The summed E-state index contributed by atoms with van der Waals surface area (Å²) in [5.74, 6) is 0.655. The molecule has 0 bridgehead atoms. The van der Waals surface area contributed by atoms with Gasteiger partial charge in [0, 0.05) is 11.3 Å². The van der Waals surface area contributed by atoms with Gasteiger partial charge in [-0.1, -0.05) is 23.8 Å². The number of nitrogens with zero attached hydrogens (tertiary/aromatic N) is 3. The first kappa shape index (κ1) is 14.0. The first-order chi connectivity index (χ1) is 10.6. The monoisotopic (exact) mass is 293 g/mol. The van der Waals surface area contributed by atoms with Gasteiger partial charge in [0.2, 0.25) is 5.89 Å². The molecule has 22 heavy (non-hydrogen) atoms. The van der Waals surface area contributed by atoms with Gasteiger partial charge in [-0.2, -0.15) is 0 Å². The molecule has 0 amide bonds. The molecule has 1 aromatic carbocycles. The fourth-order valence-electron chi connectivity index (χ4n) is 1.96. The van der Waals surface area contributed by atoms with E-state index in [2.05, 4.69) is 15.0 Å². The lowest BCUT2D eigenvalue weighted by atomic mass is 10.1. The Morgan fingerprint density at radius 1 is 1.05 bits per heavy atom. The summed E-state index contributed by atoms with van der Waals surface area (Å²) < 4.78 is 5.29. The lowest BCUT2D eigenvalue weighted by Gasteiger charge is -1.95. The van der Waals surface area contributed by atoms with E-state index < -0.39 is 0 Å². The van der Waals surface area contributed by atoms with Crippen LogP contribution in [0, 0.1) is 13.8 Å². The second-order valence-corrected chi connectivity index (χ2v) is 4.97. The van der Waals surface area contributed by atoms with Gasteiger partial charge in [-0.3, -0.25) is 0 Å². The topological polar surface area (TPSA) is 71.5 Å².